The lowest BCUT2D eigenvalue weighted by Crippen LogP contribution is -2.51. The van der Waals surface area contributed by atoms with E-state index in [1.54, 1.807) is 32.9 Å². The van der Waals surface area contributed by atoms with Gasteiger partial charge in [0.2, 0.25) is 0 Å². The summed E-state index contributed by atoms with van der Waals surface area (Å²) in [4.78, 5) is 13.5. The lowest BCUT2D eigenvalue weighted by molar-refractivity contribution is -0.0346. The van der Waals surface area contributed by atoms with Crippen molar-refractivity contribution in [3.05, 3.63) is 29.8 Å². The predicted molar refractivity (Wildman–Crippen MR) is 91.7 cm³/mol. The van der Waals surface area contributed by atoms with Gasteiger partial charge < -0.3 is 14.7 Å². The number of carbonyl (C=O) groups excluding carboxylic acids is 1. The summed E-state index contributed by atoms with van der Waals surface area (Å²) < 4.78 is 35.3. The molecule has 1 aromatic carbocycles. The maximum Gasteiger partial charge on any atom is 0.410 e. The minimum Gasteiger partial charge on any atom is -0.444 e. The lowest BCUT2D eigenvalue weighted by atomic mass is 10.1. The molecule has 2 rings (SSSR count). The van der Waals surface area contributed by atoms with Gasteiger partial charge in [0.25, 0.3) is 10.1 Å². The maximum atomic E-state index is 12.4. The monoisotopic (exact) mass is 371 g/mol. The van der Waals surface area contributed by atoms with Crippen molar-refractivity contribution in [1.29, 1.82) is 0 Å². The minimum absolute atomic E-state index is 0.0136. The van der Waals surface area contributed by atoms with Crippen molar-refractivity contribution in [2.45, 2.75) is 56.8 Å². The van der Waals surface area contributed by atoms with E-state index in [4.69, 9.17) is 8.92 Å². The Morgan fingerprint density at radius 2 is 1.84 bits per heavy atom. The van der Waals surface area contributed by atoms with Crippen molar-refractivity contribution >= 4 is 16.2 Å². The van der Waals surface area contributed by atoms with Crippen LogP contribution in [0.3, 0.4) is 0 Å². The first-order valence-corrected chi connectivity index (χ1v) is 9.55. The SMILES string of the molecule is Cc1ccc(S(=O)(=O)OC2CN(C(=O)OC(C)(C)C)CCC2O)cc1. The van der Waals surface area contributed by atoms with E-state index in [-0.39, 0.29) is 24.4 Å². The molecule has 0 aliphatic carbocycles. The molecule has 1 saturated heterocycles. The van der Waals surface area contributed by atoms with Crippen molar-refractivity contribution < 1.29 is 27.2 Å². The van der Waals surface area contributed by atoms with E-state index in [1.165, 1.54) is 17.0 Å². The van der Waals surface area contributed by atoms with Gasteiger partial charge in [-0.15, -0.1) is 0 Å². The van der Waals surface area contributed by atoms with Gasteiger partial charge in [-0.3, -0.25) is 4.18 Å². The van der Waals surface area contributed by atoms with E-state index in [1.807, 2.05) is 6.92 Å². The molecule has 140 valence electrons. The van der Waals surface area contributed by atoms with Crippen molar-refractivity contribution in [2.24, 2.45) is 0 Å². The molecule has 1 aliphatic heterocycles. The second-order valence-electron chi connectivity index (χ2n) is 7.18. The van der Waals surface area contributed by atoms with Gasteiger partial charge in [-0.25, -0.2) is 4.79 Å². The van der Waals surface area contributed by atoms with Crippen LogP contribution in [0.1, 0.15) is 32.8 Å². The molecule has 7 nitrogen and oxygen atoms in total. The third-order valence-corrected chi connectivity index (χ3v) is 5.09. The van der Waals surface area contributed by atoms with Gasteiger partial charge in [0.15, 0.2) is 0 Å². The molecule has 1 heterocycles. The first kappa shape index (κ1) is 19.7. The third-order valence-electron chi connectivity index (χ3n) is 3.74. The summed E-state index contributed by atoms with van der Waals surface area (Å²) in [7, 11) is -4.03. The minimum atomic E-state index is -4.03. The Balaban J connectivity index is 2.09. The molecule has 2 unspecified atom stereocenters. The topological polar surface area (TPSA) is 93.1 Å². The third kappa shape index (κ3) is 5.42. The zero-order chi connectivity index (χ0) is 18.8. The Morgan fingerprint density at radius 1 is 1.24 bits per heavy atom. The smallest absolute Gasteiger partial charge is 0.410 e. The summed E-state index contributed by atoms with van der Waals surface area (Å²) in [6.45, 7) is 7.32. The Kier molecular flexibility index (Phi) is 5.75. The molecule has 8 heteroatoms. The van der Waals surface area contributed by atoms with Gasteiger partial charge in [-0.05, 0) is 46.2 Å². The van der Waals surface area contributed by atoms with Crippen LogP contribution in [-0.2, 0) is 19.0 Å². The number of carbonyl (C=O) groups is 1. The van der Waals surface area contributed by atoms with Crippen molar-refractivity contribution in [2.75, 3.05) is 13.1 Å². The van der Waals surface area contributed by atoms with Crippen molar-refractivity contribution in [3.63, 3.8) is 0 Å². The van der Waals surface area contributed by atoms with E-state index in [9.17, 15) is 18.3 Å². The molecule has 2 atom stereocenters. The lowest BCUT2D eigenvalue weighted by Gasteiger charge is -2.36. The molecule has 1 fully saturated rings. The fourth-order valence-corrected chi connectivity index (χ4v) is 3.51. The van der Waals surface area contributed by atoms with E-state index in [0.717, 1.165) is 5.56 Å². The number of likely N-dealkylation sites (tertiary alicyclic amines) is 1. The van der Waals surface area contributed by atoms with Gasteiger partial charge in [-0.1, -0.05) is 17.7 Å². The number of amides is 1. The van der Waals surface area contributed by atoms with Crippen LogP contribution in [0.5, 0.6) is 0 Å². The molecular formula is C17H25NO6S. The number of rotatable bonds is 3. The Bertz CT molecular complexity index is 708. The van der Waals surface area contributed by atoms with E-state index in [0.29, 0.717) is 0 Å². The van der Waals surface area contributed by atoms with Crippen LogP contribution < -0.4 is 0 Å². The number of nitrogens with zero attached hydrogens (tertiary/aromatic N) is 1. The number of aliphatic hydroxyl groups excluding tert-OH is 1. The van der Waals surface area contributed by atoms with Crippen LogP contribution in [0, 0.1) is 6.92 Å². The summed E-state index contributed by atoms with van der Waals surface area (Å²) in [6.07, 6.45) is -2.35. The van der Waals surface area contributed by atoms with E-state index in [2.05, 4.69) is 0 Å². The molecule has 1 amide bonds. The Morgan fingerprint density at radius 3 is 2.40 bits per heavy atom. The van der Waals surface area contributed by atoms with Gasteiger partial charge >= 0.3 is 6.09 Å². The first-order chi connectivity index (χ1) is 11.5. The molecule has 25 heavy (non-hydrogen) atoms. The Labute approximate surface area is 148 Å². The number of benzene rings is 1. The van der Waals surface area contributed by atoms with Gasteiger partial charge in [0.05, 0.1) is 17.5 Å². The quantitative estimate of drug-likeness (QED) is 0.818. The maximum absolute atomic E-state index is 12.4. The number of ether oxygens (including phenoxy) is 1. The summed E-state index contributed by atoms with van der Waals surface area (Å²) in [6, 6.07) is 6.23. The summed E-state index contributed by atoms with van der Waals surface area (Å²) >= 11 is 0. The van der Waals surface area contributed by atoms with Crippen LogP contribution >= 0.6 is 0 Å². The highest BCUT2D eigenvalue weighted by Gasteiger charge is 2.36. The molecular weight excluding hydrogens is 346 g/mol. The molecule has 1 aromatic rings. The zero-order valence-corrected chi connectivity index (χ0v) is 15.7. The molecule has 0 spiro atoms. The standard InChI is InChI=1S/C17H25NO6S/c1-12-5-7-13(8-6-12)25(21,22)24-15-11-18(10-9-14(15)19)16(20)23-17(2,3)4/h5-8,14-15,19H,9-11H2,1-4H3. The molecule has 0 bridgehead atoms. The van der Waals surface area contributed by atoms with Crippen molar-refractivity contribution in [1.82, 2.24) is 4.90 Å². The van der Waals surface area contributed by atoms with Crippen LogP contribution in [0.15, 0.2) is 29.2 Å². The predicted octanol–water partition coefficient (Wildman–Crippen LogP) is 2.07. The van der Waals surface area contributed by atoms with E-state index < -0.39 is 34.0 Å². The molecule has 0 radical (unpaired) electrons. The van der Waals surface area contributed by atoms with Crippen LogP contribution in [0.4, 0.5) is 4.79 Å². The largest absolute Gasteiger partial charge is 0.444 e. The van der Waals surface area contributed by atoms with Crippen LogP contribution in [0.2, 0.25) is 0 Å². The van der Waals surface area contributed by atoms with Crippen molar-refractivity contribution in [3.8, 4) is 0 Å². The average Bonchev–Trinajstić information content (AvgIpc) is 2.48. The highest BCUT2D eigenvalue weighted by Crippen LogP contribution is 2.22. The second kappa shape index (κ2) is 7.31. The van der Waals surface area contributed by atoms with Gasteiger partial charge in [0, 0.05) is 6.54 Å². The van der Waals surface area contributed by atoms with Gasteiger partial charge in [-0.2, -0.15) is 8.42 Å². The number of piperidine rings is 1. The van der Waals surface area contributed by atoms with Crippen LogP contribution in [-0.4, -0.2) is 55.4 Å². The first-order valence-electron chi connectivity index (χ1n) is 8.14. The molecule has 1 N–H and O–H groups in total. The van der Waals surface area contributed by atoms with E-state index >= 15 is 0 Å². The summed E-state index contributed by atoms with van der Waals surface area (Å²) in [5.74, 6) is 0. The Hall–Kier alpha value is -1.64. The number of hydrogen-bond donors (Lipinski definition) is 1. The zero-order valence-electron chi connectivity index (χ0n) is 14.9. The average molecular weight is 371 g/mol. The molecule has 1 aliphatic rings. The molecule has 0 aromatic heterocycles. The summed E-state index contributed by atoms with van der Waals surface area (Å²) in [5, 5.41) is 10.1. The fourth-order valence-electron chi connectivity index (χ4n) is 2.41. The second-order valence-corrected chi connectivity index (χ2v) is 8.76. The number of aliphatic hydroxyl groups is 1. The van der Waals surface area contributed by atoms with Crippen LogP contribution in [0.25, 0.3) is 0 Å². The highest BCUT2D eigenvalue weighted by atomic mass is 32.2. The number of hydrogen-bond acceptors (Lipinski definition) is 6. The molecule has 0 saturated carbocycles. The fraction of sp³-hybridized carbons (Fsp3) is 0.588. The summed E-state index contributed by atoms with van der Waals surface area (Å²) in [5.41, 5.74) is 0.269. The normalized spacial score (nSPS) is 21.9. The number of aryl methyl sites for hydroxylation is 1. The van der Waals surface area contributed by atoms with Gasteiger partial charge in [0.1, 0.15) is 11.7 Å². The highest BCUT2D eigenvalue weighted by molar-refractivity contribution is 7.86.